The number of aliphatic carboxylic acids is 1. The monoisotopic (exact) mass is 554 g/mol. The van der Waals surface area contributed by atoms with E-state index in [1.54, 1.807) is 25.1 Å². The number of nitrogens with zero attached hydrogens (tertiary/aromatic N) is 2. The molecule has 2 aromatic rings. The van der Waals surface area contributed by atoms with Crippen LogP contribution in [0, 0.1) is 0 Å². The zero-order valence-electron chi connectivity index (χ0n) is 20.8. The van der Waals surface area contributed by atoms with Crippen molar-refractivity contribution in [2.24, 2.45) is 0 Å². The minimum atomic E-state index is -4.83. The second-order valence-corrected chi connectivity index (χ2v) is 11.1. The Labute approximate surface area is 219 Å². The Morgan fingerprint density at radius 3 is 2.63 bits per heavy atom. The lowest BCUT2D eigenvalue weighted by molar-refractivity contribution is -0.138. The summed E-state index contributed by atoms with van der Waals surface area (Å²) in [5, 5.41) is 9.11. The first-order valence-electron chi connectivity index (χ1n) is 12.4. The van der Waals surface area contributed by atoms with Gasteiger partial charge in [0.15, 0.2) is 4.90 Å². The molecule has 38 heavy (non-hydrogen) atoms. The summed E-state index contributed by atoms with van der Waals surface area (Å²) >= 11 is 0. The first kappa shape index (κ1) is 27.7. The van der Waals surface area contributed by atoms with Crippen molar-refractivity contribution in [3.05, 3.63) is 47.2 Å². The molecule has 2 aliphatic rings. The second-order valence-electron chi connectivity index (χ2n) is 9.26. The molecule has 206 valence electrons. The van der Waals surface area contributed by atoms with E-state index in [-0.39, 0.29) is 37.4 Å². The van der Waals surface area contributed by atoms with Crippen LogP contribution in [0.15, 0.2) is 40.9 Å². The van der Waals surface area contributed by atoms with Crippen LogP contribution >= 0.6 is 0 Å². The van der Waals surface area contributed by atoms with Gasteiger partial charge in [0.25, 0.3) is 10.0 Å². The Kier molecular flexibility index (Phi) is 8.19. The number of pyridine rings is 1. The molecule has 0 bridgehead atoms. The fourth-order valence-electron chi connectivity index (χ4n) is 4.60. The molecule has 1 aliphatic heterocycles. The van der Waals surface area contributed by atoms with Crippen LogP contribution in [-0.4, -0.2) is 43.7 Å². The maximum Gasteiger partial charge on any atom is 0.417 e. The summed E-state index contributed by atoms with van der Waals surface area (Å²) in [5.41, 5.74) is 0.899. The smallest absolute Gasteiger partial charge is 0.417 e. The van der Waals surface area contributed by atoms with Crippen molar-refractivity contribution in [3.63, 3.8) is 0 Å². The fraction of sp³-hybridized carbons (Fsp3) is 0.462. The number of halogens is 3. The van der Waals surface area contributed by atoms with E-state index >= 15 is 0 Å². The van der Waals surface area contributed by atoms with Crippen molar-refractivity contribution in [2.75, 3.05) is 17.5 Å². The number of benzene rings is 1. The van der Waals surface area contributed by atoms with Crippen LogP contribution in [0.5, 0.6) is 11.6 Å². The first-order chi connectivity index (χ1) is 18.0. The molecular weight excluding hydrogens is 525 g/mol. The molecule has 1 unspecified atom stereocenters. The molecule has 1 atom stereocenters. The van der Waals surface area contributed by atoms with Crippen molar-refractivity contribution in [2.45, 2.75) is 69.0 Å². The summed E-state index contributed by atoms with van der Waals surface area (Å²) in [4.78, 5) is 14.1. The van der Waals surface area contributed by atoms with Crippen LogP contribution in [-0.2, 0) is 21.0 Å². The maximum absolute atomic E-state index is 14.0. The van der Waals surface area contributed by atoms with Gasteiger partial charge in [0.2, 0.25) is 5.88 Å². The third-order valence-corrected chi connectivity index (χ3v) is 8.23. The number of ether oxygens (including phenoxy) is 2. The van der Waals surface area contributed by atoms with E-state index in [0.717, 1.165) is 42.0 Å². The average Bonchev–Trinajstić information content (AvgIpc) is 2.87. The van der Waals surface area contributed by atoms with Gasteiger partial charge in [0, 0.05) is 12.6 Å². The molecule has 1 fully saturated rings. The molecular formula is C26H29F3N2O6S. The van der Waals surface area contributed by atoms with E-state index in [0.29, 0.717) is 12.3 Å². The average molecular weight is 555 g/mol. The Morgan fingerprint density at radius 2 is 1.97 bits per heavy atom. The number of fused-ring (bicyclic) bond motifs is 1. The van der Waals surface area contributed by atoms with Gasteiger partial charge in [-0.25, -0.2) is 13.4 Å². The third kappa shape index (κ3) is 6.23. The topological polar surface area (TPSA) is 106 Å². The number of carboxylic acids is 1. The number of aromatic nitrogens is 1. The Bertz CT molecular complexity index is 1320. The molecule has 12 heteroatoms. The highest BCUT2D eigenvalue weighted by Crippen LogP contribution is 2.41. The molecule has 0 amide bonds. The number of hydrogen-bond donors (Lipinski definition) is 1. The van der Waals surface area contributed by atoms with Gasteiger partial charge < -0.3 is 14.6 Å². The van der Waals surface area contributed by atoms with Gasteiger partial charge in [-0.3, -0.25) is 9.10 Å². The van der Waals surface area contributed by atoms with Gasteiger partial charge in [0.05, 0.1) is 24.4 Å². The van der Waals surface area contributed by atoms with Crippen molar-refractivity contribution in [1.29, 1.82) is 0 Å². The lowest BCUT2D eigenvalue weighted by Crippen LogP contribution is -2.44. The minimum absolute atomic E-state index is 0.00571. The number of allylic oxidation sites excluding steroid dienone is 1. The number of sulfonamides is 1. The van der Waals surface area contributed by atoms with Crippen LogP contribution in [0.25, 0.3) is 6.08 Å². The summed E-state index contributed by atoms with van der Waals surface area (Å²) in [6.45, 7) is 1.26. The van der Waals surface area contributed by atoms with E-state index in [1.807, 2.05) is 6.08 Å². The first-order valence-corrected chi connectivity index (χ1v) is 13.9. The number of anilines is 1. The molecule has 0 saturated heterocycles. The molecule has 1 aromatic heterocycles. The van der Waals surface area contributed by atoms with Crippen LogP contribution in [0.1, 0.15) is 63.0 Å². The molecule has 1 saturated carbocycles. The number of alkyl halides is 3. The lowest BCUT2D eigenvalue weighted by Gasteiger charge is -2.36. The Morgan fingerprint density at radius 1 is 1.24 bits per heavy atom. The van der Waals surface area contributed by atoms with Crippen LogP contribution in [0.4, 0.5) is 18.9 Å². The van der Waals surface area contributed by atoms with E-state index < -0.39 is 44.6 Å². The maximum atomic E-state index is 14.0. The number of rotatable bonds is 8. The highest BCUT2D eigenvalue weighted by Gasteiger charge is 2.39. The van der Waals surface area contributed by atoms with Gasteiger partial charge in [-0.1, -0.05) is 24.1 Å². The minimum Gasteiger partial charge on any atom is -0.486 e. The largest absolute Gasteiger partial charge is 0.486 e. The molecule has 1 aromatic carbocycles. The molecule has 8 nitrogen and oxygen atoms in total. The van der Waals surface area contributed by atoms with E-state index in [2.05, 4.69) is 4.98 Å². The third-order valence-electron chi connectivity index (χ3n) is 6.46. The van der Waals surface area contributed by atoms with E-state index in [1.165, 1.54) is 5.57 Å². The SMILES string of the molecule is CCOc1ncc(C(F)(F)F)cc1S(=O)(=O)N1CC(CCC(=O)O)Oc2ccc(C=C3CCCCC3)cc21. The quantitative estimate of drug-likeness (QED) is 0.448. The summed E-state index contributed by atoms with van der Waals surface area (Å²) in [6.07, 6.45) is 1.81. The van der Waals surface area contributed by atoms with Crippen molar-refractivity contribution in [1.82, 2.24) is 4.98 Å². The zero-order valence-corrected chi connectivity index (χ0v) is 21.6. The lowest BCUT2D eigenvalue weighted by atomic mass is 9.93. The summed E-state index contributed by atoms with van der Waals surface area (Å²) < 4.78 is 80.6. The molecule has 1 N–H and O–H groups in total. The fourth-order valence-corrected chi connectivity index (χ4v) is 6.21. The highest BCUT2D eigenvalue weighted by molar-refractivity contribution is 7.93. The van der Waals surface area contributed by atoms with Gasteiger partial charge in [0.1, 0.15) is 11.9 Å². The van der Waals surface area contributed by atoms with Crippen LogP contribution < -0.4 is 13.8 Å². The predicted molar refractivity (Wildman–Crippen MR) is 134 cm³/mol. The molecule has 4 rings (SSSR count). The molecule has 0 spiro atoms. The van der Waals surface area contributed by atoms with E-state index in [4.69, 9.17) is 14.6 Å². The number of carbonyl (C=O) groups is 1. The number of carboxylic acid groups (broad SMARTS) is 1. The van der Waals surface area contributed by atoms with Crippen LogP contribution in [0.3, 0.4) is 0 Å². The summed E-state index contributed by atoms with van der Waals surface area (Å²) in [6, 6.07) is 5.53. The highest BCUT2D eigenvalue weighted by atomic mass is 32.2. The molecule has 1 aliphatic carbocycles. The Hall–Kier alpha value is -3.28. The van der Waals surface area contributed by atoms with Crippen LogP contribution in [0.2, 0.25) is 0 Å². The van der Waals surface area contributed by atoms with Crippen molar-refractivity contribution in [3.8, 4) is 11.6 Å². The van der Waals surface area contributed by atoms with Crippen molar-refractivity contribution < 1.29 is 41.0 Å². The zero-order chi connectivity index (χ0) is 27.5. The Balaban J connectivity index is 1.81. The summed E-state index contributed by atoms with van der Waals surface area (Å²) in [5.74, 6) is -1.33. The van der Waals surface area contributed by atoms with Gasteiger partial charge in [-0.2, -0.15) is 13.2 Å². The normalized spacial score (nSPS) is 17.9. The van der Waals surface area contributed by atoms with Gasteiger partial charge in [-0.15, -0.1) is 0 Å². The predicted octanol–water partition coefficient (Wildman–Crippen LogP) is 5.67. The van der Waals surface area contributed by atoms with E-state index in [9.17, 15) is 26.4 Å². The standard InChI is InChI=1S/C26H29F3N2O6S/c1-2-36-25-23(14-19(15-30-25)26(27,28)29)38(34,35)31-16-20(9-11-24(32)33)37-22-10-8-18(13-21(22)31)12-17-6-4-3-5-7-17/h8,10,12-15,20H,2-7,9,11,16H2,1H3,(H,32,33). The molecule has 0 radical (unpaired) electrons. The second kappa shape index (κ2) is 11.2. The van der Waals surface area contributed by atoms with Crippen molar-refractivity contribution >= 4 is 27.8 Å². The van der Waals surface area contributed by atoms with Gasteiger partial charge >= 0.3 is 12.1 Å². The summed E-state index contributed by atoms with van der Waals surface area (Å²) in [7, 11) is -4.63. The molecule has 2 heterocycles. The van der Waals surface area contributed by atoms with Gasteiger partial charge in [-0.05, 0) is 62.8 Å². The number of hydrogen-bond acceptors (Lipinski definition) is 6.